The summed E-state index contributed by atoms with van der Waals surface area (Å²) in [6, 6.07) is 13.7. The molecule has 2 aromatic carbocycles. The predicted molar refractivity (Wildman–Crippen MR) is 139 cm³/mol. The van der Waals surface area contributed by atoms with Gasteiger partial charge in [0.1, 0.15) is 17.4 Å². The predicted octanol–water partition coefficient (Wildman–Crippen LogP) is 2.80. The monoisotopic (exact) mass is 508 g/mol. The van der Waals surface area contributed by atoms with Crippen LogP contribution < -0.4 is 10.1 Å². The van der Waals surface area contributed by atoms with Crippen LogP contribution in [0, 0.1) is 5.41 Å². The molecule has 8 nitrogen and oxygen atoms in total. The minimum absolute atomic E-state index is 0.192. The van der Waals surface area contributed by atoms with Crippen LogP contribution in [0.1, 0.15) is 22.6 Å². The first-order chi connectivity index (χ1) is 17.4. The van der Waals surface area contributed by atoms with Crippen molar-refractivity contribution >= 4 is 33.4 Å². The minimum Gasteiger partial charge on any atom is -0.492 e. The largest absolute Gasteiger partial charge is 0.492 e. The second kappa shape index (κ2) is 10.5. The van der Waals surface area contributed by atoms with Crippen molar-refractivity contribution in [2.75, 3.05) is 46.4 Å². The van der Waals surface area contributed by atoms with E-state index in [1.807, 2.05) is 42.5 Å². The number of amides is 1. The van der Waals surface area contributed by atoms with Crippen LogP contribution in [0.2, 0.25) is 0 Å². The van der Waals surface area contributed by atoms with Gasteiger partial charge in [-0.2, -0.15) is 0 Å². The van der Waals surface area contributed by atoms with Crippen molar-refractivity contribution in [2.45, 2.75) is 25.8 Å². The summed E-state index contributed by atoms with van der Waals surface area (Å²) < 4.78 is 7.01. The summed E-state index contributed by atoms with van der Waals surface area (Å²) in [6.45, 7) is 6.14. The van der Waals surface area contributed by atoms with Crippen molar-refractivity contribution in [3.05, 3.63) is 58.6 Å². The van der Waals surface area contributed by atoms with Crippen molar-refractivity contribution in [1.29, 1.82) is 0 Å². The summed E-state index contributed by atoms with van der Waals surface area (Å²) in [6.07, 6.45) is 0.689. The van der Waals surface area contributed by atoms with Crippen LogP contribution in [-0.4, -0.2) is 78.1 Å². The zero-order valence-electron chi connectivity index (χ0n) is 20.5. The number of piperazine rings is 1. The summed E-state index contributed by atoms with van der Waals surface area (Å²) in [4.78, 5) is 34.3. The number of benzene rings is 2. The third-order valence-corrected chi connectivity index (χ3v) is 8.26. The van der Waals surface area contributed by atoms with Gasteiger partial charge in [-0.25, -0.2) is 4.98 Å². The van der Waals surface area contributed by atoms with Gasteiger partial charge in [0.05, 0.1) is 28.6 Å². The zero-order chi connectivity index (χ0) is 25.1. The number of fused-ring (bicyclic) bond motifs is 2. The number of nitrogens with zero attached hydrogens (tertiary/aromatic N) is 3. The molecule has 1 saturated heterocycles. The van der Waals surface area contributed by atoms with Crippen molar-refractivity contribution in [1.82, 2.24) is 20.1 Å². The second-order valence-corrected chi connectivity index (χ2v) is 11.0. The molecule has 190 valence electrons. The van der Waals surface area contributed by atoms with Crippen LogP contribution in [-0.2, 0) is 29.0 Å². The first-order valence-corrected chi connectivity index (χ1v) is 13.2. The molecule has 9 heteroatoms. The van der Waals surface area contributed by atoms with Gasteiger partial charge in [-0.15, -0.1) is 11.3 Å². The van der Waals surface area contributed by atoms with E-state index < -0.39 is 11.4 Å². The number of rotatable bonds is 9. The van der Waals surface area contributed by atoms with Crippen LogP contribution in [0.15, 0.2) is 42.5 Å². The lowest BCUT2D eigenvalue weighted by molar-refractivity contribution is -0.145. The quantitative estimate of drug-likeness (QED) is 0.459. The topological polar surface area (TPSA) is 95.0 Å². The van der Waals surface area contributed by atoms with E-state index >= 15 is 0 Å². The van der Waals surface area contributed by atoms with E-state index in [0.29, 0.717) is 19.4 Å². The van der Waals surface area contributed by atoms with Gasteiger partial charge in [-0.3, -0.25) is 14.5 Å². The molecule has 3 aromatic rings. The summed E-state index contributed by atoms with van der Waals surface area (Å²) in [5.74, 6) is -0.395. The Morgan fingerprint density at radius 2 is 1.83 bits per heavy atom. The third kappa shape index (κ3) is 5.53. The molecule has 1 aliphatic carbocycles. The van der Waals surface area contributed by atoms with Gasteiger partial charge in [0.15, 0.2) is 0 Å². The molecular formula is C27H32N4O4S. The Hall–Kier alpha value is -3.01. The summed E-state index contributed by atoms with van der Waals surface area (Å²) >= 11 is 1.53. The number of aliphatic carboxylic acids is 1. The summed E-state index contributed by atoms with van der Waals surface area (Å²) in [7, 11) is 2.15. The third-order valence-electron chi connectivity index (χ3n) is 7.22. The number of carboxylic acid groups (broad SMARTS) is 1. The molecule has 2 N–H and O–H groups in total. The molecule has 1 aromatic heterocycles. The average Bonchev–Trinajstić information content (AvgIpc) is 3.44. The highest BCUT2D eigenvalue weighted by atomic mass is 32.1. The number of ether oxygens (including phenoxy) is 1. The molecular weight excluding hydrogens is 476 g/mol. The van der Waals surface area contributed by atoms with Crippen LogP contribution >= 0.6 is 11.3 Å². The van der Waals surface area contributed by atoms with Gasteiger partial charge < -0.3 is 20.1 Å². The fraction of sp³-hybridized carbons (Fsp3) is 0.444. The summed E-state index contributed by atoms with van der Waals surface area (Å²) in [5, 5.41) is 13.3. The van der Waals surface area contributed by atoms with E-state index in [2.05, 4.69) is 22.2 Å². The number of aromatic nitrogens is 1. The van der Waals surface area contributed by atoms with Crippen LogP contribution in [0.5, 0.6) is 5.75 Å². The molecule has 5 rings (SSSR count). The Morgan fingerprint density at radius 1 is 1.11 bits per heavy atom. The maximum Gasteiger partial charge on any atom is 0.304 e. The number of likely N-dealkylation sites (N-methyl/N-ethyl adjacent to an activating group) is 1. The number of nitrogens with one attached hydrogen (secondary N) is 1. The van der Waals surface area contributed by atoms with E-state index in [4.69, 9.17) is 9.72 Å². The van der Waals surface area contributed by atoms with Gasteiger partial charge in [0.2, 0.25) is 5.91 Å². The number of carbonyl (C=O) groups is 2. The SMILES string of the molecule is CN1CCN(CCOc2ccc3sc(CNC(=O)C4(CC(=O)O)Cc5ccccc5C4)nc3c2)CC1. The average molecular weight is 509 g/mol. The molecule has 1 amide bonds. The fourth-order valence-corrected chi connectivity index (χ4v) is 6.06. The number of hydrogen-bond donors (Lipinski definition) is 2. The number of hydrogen-bond acceptors (Lipinski definition) is 7. The van der Waals surface area contributed by atoms with E-state index in [-0.39, 0.29) is 18.9 Å². The standard InChI is InChI=1S/C27H32N4O4S/c1-30-8-10-31(11-9-30)12-13-35-21-6-7-23-22(14-21)29-24(36-23)18-28-26(34)27(17-25(32)33)15-19-4-2-3-5-20(19)16-27/h2-7,14H,8-13,15-18H2,1H3,(H,28,34)(H,32,33). The Bertz CT molecular complexity index is 1230. The lowest BCUT2D eigenvalue weighted by Gasteiger charge is -2.32. The van der Waals surface area contributed by atoms with Crippen molar-refractivity contribution in [3.8, 4) is 5.75 Å². The van der Waals surface area contributed by atoms with E-state index in [0.717, 1.165) is 64.8 Å². The lowest BCUT2D eigenvalue weighted by Crippen LogP contribution is -2.45. The Balaban J connectivity index is 1.19. The molecule has 0 saturated carbocycles. The maximum atomic E-state index is 13.3. The van der Waals surface area contributed by atoms with Crippen molar-refractivity contribution in [3.63, 3.8) is 0 Å². The Labute approximate surface area is 214 Å². The van der Waals surface area contributed by atoms with Crippen molar-refractivity contribution in [2.24, 2.45) is 5.41 Å². The van der Waals surface area contributed by atoms with E-state index in [1.54, 1.807) is 0 Å². The van der Waals surface area contributed by atoms with E-state index in [9.17, 15) is 14.7 Å². The number of carboxylic acids is 1. The van der Waals surface area contributed by atoms with Crippen LogP contribution in [0.25, 0.3) is 10.2 Å². The molecule has 1 fully saturated rings. The number of thiazole rings is 1. The second-order valence-electron chi connectivity index (χ2n) is 9.89. The molecule has 0 atom stereocenters. The first kappa shape index (κ1) is 24.7. The maximum absolute atomic E-state index is 13.3. The highest BCUT2D eigenvalue weighted by molar-refractivity contribution is 7.18. The zero-order valence-corrected chi connectivity index (χ0v) is 21.4. The first-order valence-electron chi connectivity index (χ1n) is 12.4. The van der Waals surface area contributed by atoms with Crippen LogP contribution in [0.3, 0.4) is 0 Å². The van der Waals surface area contributed by atoms with Crippen molar-refractivity contribution < 1.29 is 19.4 Å². The van der Waals surface area contributed by atoms with Crippen LogP contribution in [0.4, 0.5) is 0 Å². The molecule has 1 aliphatic heterocycles. The Kier molecular flexibility index (Phi) is 7.22. The Morgan fingerprint density at radius 3 is 2.53 bits per heavy atom. The molecule has 36 heavy (non-hydrogen) atoms. The normalized spacial score (nSPS) is 17.7. The number of carbonyl (C=O) groups excluding carboxylic acids is 1. The fourth-order valence-electron chi connectivity index (χ4n) is 5.18. The minimum atomic E-state index is -0.961. The lowest BCUT2D eigenvalue weighted by atomic mass is 9.80. The highest BCUT2D eigenvalue weighted by Gasteiger charge is 2.45. The van der Waals surface area contributed by atoms with Gasteiger partial charge >= 0.3 is 5.97 Å². The van der Waals surface area contributed by atoms with Gasteiger partial charge in [-0.1, -0.05) is 24.3 Å². The molecule has 2 heterocycles. The molecule has 0 bridgehead atoms. The van der Waals surface area contributed by atoms with E-state index in [1.165, 1.54) is 11.3 Å². The molecule has 0 unspecified atom stereocenters. The molecule has 0 radical (unpaired) electrons. The smallest absolute Gasteiger partial charge is 0.304 e. The molecule has 0 spiro atoms. The van der Waals surface area contributed by atoms with Gasteiger partial charge in [-0.05, 0) is 43.1 Å². The highest BCUT2D eigenvalue weighted by Crippen LogP contribution is 2.40. The molecule has 2 aliphatic rings. The van der Waals surface area contributed by atoms with Gasteiger partial charge in [0.25, 0.3) is 0 Å². The van der Waals surface area contributed by atoms with Gasteiger partial charge in [0, 0.05) is 38.8 Å². The summed E-state index contributed by atoms with van der Waals surface area (Å²) in [5.41, 5.74) is 1.98.